The van der Waals surface area contributed by atoms with E-state index in [1.165, 1.54) is 0 Å². The summed E-state index contributed by atoms with van der Waals surface area (Å²) in [6, 6.07) is 1.78. The molecule has 18 heavy (non-hydrogen) atoms. The number of thiophene rings is 1. The summed E-state index contributed by atoms with van der Waals surface area (Å²) in [5.41, 5.74) is 11.6. The van der Waals surface area contributed by atoms with Crippen LogP contribution in [0, 0.1) is 5.41 Å². The number of nitrogens with two attached hydrogens (primary N) is 2. The van der Waals surface area contributed by atoms with E-state index in [0.29, 0.717) is 6.42 Å². The van der Waals surface area contributed by atoms with Gasteiger partial charge in [0.05, 0.1) is 5.02 Å². The fraction of sp³-hybridized carbons (Fsp3) is 0.615. The van der Waals surface area contributed by atoms with Crippen molar-refractivity contribution in [1.82, 2.24) is 0 Å². The van der Waals surface area contributed by atoms with Gasteiger partial charge in [-0.1, -0.05) is 24.4 Å². The fourth-order valence-corrected chi connectivity index (χ4v) is 4.28. The highest BCUT2D eigenvalue weighted by Crippen LogP contribution is 2.47. The molecule has 100 valence electrons. The molecule has 1 unspecified atom stereocenters. The van der Waals surface area contributed by atoms with E-state index >= 15 is 0 Å². The molecule has 0 aromatic carbocycles. The van der Waals surface area contributed by atoms with Gasteiger partial charge in [0.1, 0.15) is 0 Å². The Morgan fingerprint density at radius 3 is 2.67 bits per heavy atom. The Morgan fingerprint density at radius 1 is 1.50 bits per heavy atom. The maximum atomic E-state index is 11.3. The van der Waals surface area contributed by atoms with Crippen molar-refractivity contribution < 1.29 is 4.79 Å². The predicted molar refractivity (Wildman–Crippen MR) is 75.6 cm³/mol. The van der Waals surface area contributed by atoms with Crippen molar-refractivity contribution in [2.24, 2.45) is 16.9 Å². The summed E-state index contributed by atoms with van der Waals surface area (Å²) in [7, 11) is 0. The Hall–Kier alpha value is -0.580. The highest BCUT2D eigenvalue weighted by Gasteiger charge is 2.37. The van der Waals surface area contributed by atoms with E-state index in [9.17, 15) is 4.79 Å². The molecule has 4 N–H and O–H groups in total. The summed E-state index contributed by atoms with van der Waals surface area (Å²) in [4.78, 5) is 12.3. The Morgan fingerprint density at radius 2 is 2.17 bits per heavy atom. The zero-order chi connectivity index (χ0) is 13.2. The number of primary amides is 1. The van der Waals surface area contributed by atoms with Crippen LogP contribution in [0.2, 0.25) is 5.02 Å². The predicted octanol–water partition coefficient (Wildman–Crippen LogP) is 3.23. The molecule has 1 aliphatic carbocycles. The highest BCUT2D eigenvalue weighted by molar-refractivity contribution is 7.10. The number of hydrogen-bond donors (Lipinski definition) is 2. The minimum absolute atomic E-state index is 0.00142. The van der Waals surface area contributed by atoms with Crippen molar-refractivity contribution in [3.8, 4) is 0 Å². The van der Waals surface area contributed by atoms with Crippen molar-refractivity contribution in [1.29, 1.82) is 0 Å². The summed E-state index contributed by atoms with van der Waals surface area (Å²) in [5, 5.41) is 2.69. The summed E-state index contributed by atoms with van der Waals surface area (Å²) in [6.07, 6.45) is 5.68. The number of halogens is 1. The zero-order valence-corrected chi connectivity index (χ0v) is 11.9. The fourth-order valence-electron chi connectivity index (χ4n) is 3.08. The minimum atomic E-state index is -0.221. The molecule has 1 atom stereocenters. The lowest BCUT2D eigenvalue weighted by Gasteiger charge is -2.30. The van der Waals surface area contributed by atoms with Crippen LogP contribution in [0.1, 0.15) is 49.4 Å². The standard InChI is InChI=1S/C13H19ClN2OS/c14-9-3-6-18-12(9)10(15)7-13(8-11(16)17)4-1-2-5-13/h3,6,10H,1-2,4-5,7-8,15H2,(H2,16,17). The van der Waals surface area contributed by atoms with E-state index in [1.807, 2.05) is 11.4 Å². The lowest BCUT2D eigenvalue weighted by molar-refractivity contribution is -0.120. The Bertz CT molecular complexity index is 426. The normalized spacial score (nSPS) is 19.9. The van der Waals surface area contributed by atoms with Crippen LogP contribution in [0.4, 0.5) is 0 Å². The number of carbonyl (C=O) groups excluding carboxylic acids is 1. The first-order valence-electron chi connectivity index (χ1n) is 6.29. The van der Waals surface area contributed by atoms with Gasteiger partial charge in [0.25, 0.3) is 0 Å². The highest BCUT2D eigenvalue weighted by atomic mass is 35.5. The van der Waals surface area contributed by atoms with Gasteiger partial charge in [0, 0.05) is 17.3 Å². The molecule has 3 nitrogen and oxygen atoms in total. The number of hydrogen-bond acceptors (Lipinski definition) is 3. The van der Waals surface area contributed by atoms with Gasteiger partial charge in [-0.2, -0.15) is 0 Å². The lowest BCUT2D eigenvalue weighted by Crippen LogP contribution is -2.29. The molecule has 5 heteroatoms. The second-order valence-electron chi connectivity index (χ2n) is 5.29. The van der Waals surface area contributed by atoms with Crippen LogP contribution in [-0.4, -0.2) is 5.91 Å². The Kier molecular flexibility index (Phi) is 4.30. The van der Waals surface area contributed by atoms with Crippen molar-refractivity contribution in [3.63, 3.8) is 0 Å². The van der Waals surface area contributed by atoms with E-state index in [2.05, 4.69) is 0 Å². The van der Waals surface area contributed by atoms with Crippen LogP contribution < -0.4 is 11.5 Å². The first kappa shape index (κ1) is 13.8. The van der Waals surface area contributed by atoms with E-state index in [0.717, 1.165) is 42.0 Å². The van der Waals surface area contributed by atoms with Crippen LogP contribution in [0.15, 0.2) is 11.4 Å². The third kappa shape index (κ3) is 3.05. The summed E-state index contributed by atoms with van der Waals surface area (Å²) >= 11 is 7.70. The molecule has 1 heterocycles. The average Bonchev–Trinajstić information content (AvgIpc) is 2.86. The maximum absolute atomic E-state index is 11.3. The largest absolute Gasteiger partial charge is 0.370 e. The molecule has 1 aromatic rings. The van der Waals surface area contributed by atoms with Gasteiger partial charge >= 0.3 is 0 Å². The number of rotatable bonds is 5. The molecule has 0 aliphatic heterocycles. The van der Waals surface area contributed by atoms with E-state index in [4.69, 9.17) is 23.1 Å². The van der Waals surface area contributed by atoms with Crippen molar-refractivity contribution >= 4 is 28.8 Å². The number of amides is 1. The number of carbonyl (C=O) groups is 1. The minimum Gasteiger partial charge on any atom is -0.370 e. The van der Waals surface area contributed by atoms with Crippen molar-refractivity contribution in [3.05, 3.63) is 21.3 Å². The quantitative estimate of drug-likeness (QED) is 0.872. The van der Waals surface area contributed by atoms with Crippen LogP contribution >= 0.6 is 22.9 Å². The molecule has 0 spiro atoms. The Balaban J connectivity index is 2.10. The molecule has 1 fully saturated rings. The van der Waals surface area contributed by atoms with Gasteiger partial charge in [0.2, 0.25) is 5.91 Å². The molecule has 1 amide bonds. The van der Waals surface area contributed by atoms with Gasteiger partial charge in [-0.25, -0.2) is 0 Å². The average molecular weight is 287 g/mol. The second kappa shape index (κ2) is 5.59. The van der Waals surface area contributed by atoms with Gasteiger partial charge < -0.3 is 11.5 Å². The second-order valence-corrected chi connectivity index (χ2v) is 6.65. The molecular formula is C13H19ClN2OS. The topological polar surface area (TPSA) is 69.1 Å². The molecule has 0 saturated heterocycles. The summed E-state index contributed by atoms with van der Waals surface area (Å²) in [5.74, 6) is -0.221. The van der Waals surface area contributed by atoms with Crippen LogP contribution in [0.25, 0.3) is 0 Å². The van der Waals surface area contributed by atoms with E-state index < -0.39 is 0 Å². The van der Waals surface area contributed by atoms with E-state index in [-0.39, 0.29) is 17.4 Å². The molecular weight excluding hydrogens is 268 g/mol. The third-order valence-electron chi connectivity index (χ3n) is 3.85. The molecule has 2 rings (SSSR count). The monoisotopic (exact) mass is 286 g/mol. The molecule has 1 aromatic heterocycles. The van der Waals surface area contributed by atoms with Gasteiger partial charge in [-0.05, 0) is 36.1 Å². The van der Waals surface area contributed by atoms with Crippen LogP contribution in [0.3, 0.4) is 0 Å². The van der Waals surface area contributed by atoms with Crippen LogP contribution in [0.5, 0.6) is 0 Å². The summed E-state index contributed by atoms with van der Waals surface area (Å²) < 4.78 is 0. The maximum Gasteiger partial charge on any atom is 0.217 e. The van der Waals surface area contributed by atoms with Crippen LogP contribution in [-0.2, 0) is 4.79 Å². The third-order valence-corrected chi connectivity index (χ3v) is 5.34. The molecule has 1 aliphatic rings. The SMILES string of the molecule is NC(=O)CC1(CC(N)c2sccc2Cl)CCCC1. The van der Waals surface area contributed by atoms with Gasteiger partial charge in [-0.3, -0.25) is 4.79 Å². The lowest BCUT2D eigenvalue weighted by atomic mass is 9.77. The van der Waals surface area contributed by atoms with Gasteiger partial charge in [-0.15, -0.1) is 11.3 Å². The molecule has 0 radical (unpaired) electrons. The van der Waals surface area contributed by atoms with Crippen molar-refractivity contribution in [2.75, 3.05) is 0 Å². The summed E-state index contributed by atoms with van der Waals surface area (Å²) in [6.45, 7) is 0. The first-order valence-corrected chi connectivity index (χ1v) is 7.55. The van der Waals surface area contributed by atoms with Crippen molar-refractivity contribution in [2.45, 2.75) is 44.6 Å². The van der Waals surface area contributed by atoms with Gasteiger partial charge in [0.15, 0.2) is 0 Å². The Labute approximate surface area is 116 Å². The first-order chi connectivity index (χ1) is 8.52. The zero-order valence-electron chi connectivity index (χ0n) is 10.3. The smallest absolute Gasteiger partial charge is 0.217 e. The molecule has 1 saturated carbocycles. The molecule has 0 bridgehead atoms. The van der Waals surface area contributed by atoms with E-state index in [1.54, 1.807) is 11.3 Å².